The SMILES string of the molecule is Cc1ccc(CNC(=O)CSc2nc3c(sc4ncccc43)c(=O)n2CCC(C)C)cc1. The van der Waals surface area contributed by atoms with Gasteiger partial charge < -0.3 is 5.32 Å². The molecule has 0 aliphatic heterocycles. The average molecular weight is 467 g/mol. The highest BCUT2D eigenvalue weighted by Crippen LogP contribution is 2.30. The van der Waals surface area contributed by atoms with Crippen LogP contribution in [-0.4, -0.2) is 26.2 Å². The number of rotatable bonds is 8. The van der Waals surface area contributed by atoms with E-state index in [2.05, 4.69) is 24.1 Å². The number of carbonyl (C=O) groups excluding carboxylic acids is 1. The lowest BCUT2D eigenvalue weighted by atomic mass is 10.1. The minimum atomic E-state index is -0.0860. The number of aromatic nitrogens is 3. The van der Waals surface area contributed by atoms with Gasteiger partial charge in [-0.1, -0.05) is 55.4 Å². The van der Waals surface area contributed by atoms with Crippen LogP contribution in [0.3, 0.4) is 0 Å². The molecule has 0 atom stereocenters. The number of pyridine rings is 1. The summed E-state index contributed by atoms with van der Waals surface area (Å²) in [6.45, 7) is 7.35. The van der Waals surface area contributed by atoms with Crippen LogP contribution < -0.4 is 10.9 Å². The highest BCUT2D eigenvalue weighted by atomic mass is 32.2. The maximum Gasteiger partial charge on any atom is 0.272 e. The molecule has 166 valence electrons. The summed E-state index contributed by atoms with van der Waals surface area (Å²) in [5.41, 5.74) is 2.86. The van der Waals surface area contributed by atoms with Crippen LogP contribution in [0.25, 0.3) is 20.4 Å². The first-order valence-electron chi connectivity index (χ1n) is 10.7. The van der Waals surface area contributed by atoms with Gasteiger partial charge in [0.15, 0.2) is 5.16 Å². The molecule has 0 radical (unpaired) electrons. The number of nitrogens with one attached hydrogen (secondary N) is 1. The number of hydrogen-bond donors (Lipinski definition) is 1. The van der Waals surface area contributed by atoms with Crippen LogP contribution in [0.4, 0.5) is 0 Å². The zero-order valence-electron chi connectivity index (χ0n) is 18.4. The number of nitrogens with zero attached hydrogens (tertiary/aromatic N) is 3. The highest BCUT2D eigenvalue weighted by Gasteiger charge is 2.18. The summed E-state index contributed by atoms with van der Waals surface area (Å²) in [5.74, 6) is 0.570. The second-order valence-corrected chi connectivity index (χ2v) is 10.2. The van der Waals surface area contributed by atoms with Crippen LogP contribution in [0, 0.1) is 12.8 Å². The van der Waals surface area contributed by atoms with Crippen molar-refractivity contribution in [2.75, 3.05) is 5.75 Å². The molecule has 4 rings (SSSR count). The van der Waals surface area contributed by atoms with Crippen molar-refractivity contribution in [1.29, 1.82) is 0 Å². The zero-order chi connectivity index (χ0) is 22.7. The minimum absolute atomic E-state index is 0.0544. The molecule has 1 aromatic carbocycles. The van der Waals surface area contributed by atoms with Gasteiger partial charge in [0.2, 0.25) is 5.91 Å². The molecule has 3 aromatic heterocycles. The summed E-state index contributed by atoms with van der Waals surface area (Å²) in [6.07, 6.45) is 2.59. The van der Waals surface area contributed by atoms with Crippen molar-refractivity contribution in [3.63, 3.8) is 0 Å². The number of fused-ring (bicyclic) bond motifs is 3. The normalized spacial score (nSPS) is 11.5. The molecular formula is C24H26N4O2S2. The van der Waals surface area contributed by atoms with Crippen LogP contribution in [0.2, 0.25) is 0 Å². The van der Waals surface area contributed by atoms with Crippen LogP contribution in [-0.2, 0) is 17.9 Å². The molecule has 1 amide bonds. The van der Waals surface area contributed by atoms with Crippen molar-refractivity contribution >= 4 is 49.4 Å². The lowest BCUT2D eigenvalue weighted by Gasteiger charge is -2.13. The van der Waals surface area contributed by atoms with E-state index in [1.54, 1.807) is 10.8 Å². The first-order valence-corrected chi connectivity index (χ1v) is 12.5. The van der Waals surface area contributed by atoms with Gasteiger partial charge in [0.25, 0.3) is 5.56 Å². The average Bonchev–Trinajstić information content (AvgIpc) is 3.15. The van der Waals surface area contributed by atoms with Crippen LogP contribution in [0.5, 0.6) is 0 Å². The Morgan fingerprint density at radius 3 is 2.75 bits per heavy atom. The molecule has 32 heavy (non-hydrogen) atoms. The fourth-order valence-electron chi connectivity index (χ4n) is 3.32. The van der Waals surface area contributed by atoms with Crippen LogP contribution >= 0.6 is 23.1 Å². The summed E-state index contributed by atoms with van der Waals surface area (Å²) in [6, 6.07) is 11.9. The van der Waals surface area contributed by atoms with E-state index in [-0.39, 0.29) is 17.2 Å². The number of hydrogen-bond acceptors (Lipinski definition) is 6. The van der Waals surface area contributed by atoms with E-state index in [4.69, 9.17) is 4.98 Å². The summed E-state index contributed by atoms with van der Waals surface area (Å²) in [5, 5.41) is 4.41. The van der Waals surface area contributed by atoms with Crippen LogP contribution in [0.1, 0.15) is 31.4 Å². The molecule has 1 N–H and O–H groups in total. The molecule has 8 heteroatoms. The maximum atomic E-state index is 13.3. The van der Waals surface area contributed by atoms with Crippen molar-refractivity contribution in [3.05, 3.63) is 64.1 Å². The number of benzene rings is 1. The molecular weight excluding hydrogens is 440 g/mol. The standard InChI is InChI=1S/C24H26N4O2S2/c1-15(2)10-12-28-23(30)21-20(18-5-4-11-25-22(18)32-21)27-24(28)31-14-19(29)26-13-17-8-6-16(3)7-9-17/h4-9,11,15H,10,12-14H2,1-3H3,(H,26,29). The summed E-state index contributed by atoms with van der Waals surface area (Å²) < 4.78 is 2.34. The topological polar surface area (TPSA) is 76.9 Å². The van der Waals surface area contributed by atoms with Gasteiger partial charge in [0.1, 0.15) is 9.53 Å². The van der Waals surface area contributed by atoms with Crippen molar-refractivity contribution < 1.29 is 4.79 Å². The van der Waals surface area contributed by atoms with E-state index in [0.29, 0.717) is 34.4 Å². The molecule has 3 heterocycles. The number of carbonyl (C=O) groups is 1. The van der Waals surface area contributed by atoms with E-state index in [9.17, 15) is 9.59 Å². The molecule has 0 spiro atoms. The lowest BCUT2D eigenvalue weighted by molar-refractivity contribution is -0.118. The Morgan fingerprint density at radius 2 is 2.00 bits per heavy atom. The summed E-state index contributed by atoms with van der Waals surface area (Å²) in [4.78, 5) is 35.8. The Bertz CT molecular complexity index is 1310. The quantitative estimate of drug-likeness (QED) is 0.299. The van der Waals surface area contributed by atoms with Gasteiger partial charge in [-0.05, 0) is 37.0 Å². The third kappa shape index (κ3) is 5.02. The Labute approximate surface area is 195 Å². The maximum absolute atomic E-state index is 13.3. The number of aryl methyl sites for hydroxylation is 1. The van der Waals surface area contributed by atoms with Gasteiger partial charge in [-0.3, -0.25) is 14.2 Å². The Balaban J connectivity index is 1.57. The van der Waals surface area contributed by atoms with Crippen molar-refractivity contribution in [1.82, 2.24) is 19.9 Å². The van der Waals surface area contributed by atoms with Gasteiger partial charge >= 0.3 is 0 Å². The Hall–Kier alpha value is -2.71. The lowest BCUT2D eigenvalue weighted by Crippen LogP contribution is -2.26. The van der Waals surface area contributed by atoms with E-state index >= 15 is 0 Å². The molecule has 0 saturated carbocycles. The van der Waals surface area contributed by atoms with E-state index in [0.717, 1.165) is 22.2 Å². The second-order valence-electron chi connectivity index (χ2n) is 8.22. The number of amides is 1. The predicted octanol–water partition coefficient (Wildman–Crippen LogP) is 4.77. The smallest absolute Gasteiger partial charge is 0.272 e. The Kier molecular flexibility index (Phi) is 6.91. The predicted molar refractivity (Wildman–Crippen MR) is 132 cm³/mol. The van der Waals surface area contributed by atoms with Gasteiger partial charge in [0, 0.05) is 24.7 Å². The van der Waals surface area contributed by atoms with Gasteiger partial charge in [-0.15, -0.1) is 11.3 Å². The molecule has 0 aliphatic carbocycles. The fraction of sp³-hybridized carbons (Fsp3) is 0.333. The summed E-state index contributed by atoms with van der Waals surface area (Å²) >= 11 is 2.69. The first-order chi connectivity index (χ1) is 15.4. The van der Waals surface area contributed by atoms with Crippen molar-refractivity contribution in [2.45, 2.75) is 45.4 Å². The third-order valence-corrected chi connectivity index (χ3v) is 7.26. The molecule has 0 saturated heterocycles. The third-order valence-electron chi connectivity index (χ3n) is 5.19. The van der Waals surface area contributed by atoms with Crippen molar-refractivity contribution in [3.8, 4) is 0 Å². The molecule has 4 aromatic rings. The zero-order valence-corrected chi connectivity index (χ0v) is 20.1. The molecule has 0 aliphatic rings. The van der Waals surface area contributed by atoms with E-state index in [1.807, 2.05) is 43.3 Å². The van der Waals surface area contributed by atoms with Gasteiger partial charge in [-0.2, -0.15) is 0 Å². The van der Waals surface area contributed by atoms with E-state index < -0.39 is 0 Å². The van der Waals surface area contributed by atoms with Crippen molar-refractivity contribution in [2.24, 2.45) is 5.92 Å². The monoisotopic (exact) mass is 466 g/mol. The Morgan fingerprint density at radius 1 is 1.22 bits per heavy atom. The molecule has 0 bridgehead atoms. The number of thiophene rings is 1. The largest absolute Gasteiger partial charge is 0.351 e. The van der Waals surface area contributed by atoms with Gasteiger partial charge in [0.05, 0.1) is 11.3 Å². The highest BCUT2D eigenvalue weighted by molar-refractivity contribution is 7.99. The number of thioether (sulfide) groups is 1. The molecule has 0 fully saturated rings. The fourth-order valence-corrected chi connectivity index (χ4v) is 5.20. The minimum Gasteiger partial charge on any atom is -0.351 e. The molecule has 6 nitrogen and oxygen atoms in total. The van der Waals surface area contributed by atoms with Gasteiger partial charge in [-0.25, -0.2) is 9.97 Å². The molecule has 0 unspecified atom stereocenters. The second kappa shape index (κ2) is 9.83. The first kappa shape index (κ1) is 22.5. The summed E-state index contributed by atoms with van der Waals surface area (Å²) in [7, 11) is 0. The van der Waals surface area contributed by atoms with Crippen LogP contribution in [0.15, 0.2) is 52.5 Å². The van der Waals surface area contributed by atoms with E-state index in [1.165, 1.54) is 28.7 Å².